The van der Waals surface area contributed by atoms with Crippen LogP contribution in [-0.2, 0) is 4.79 Å². The van der Waals surface area contributed by atoms with Crippen LogP contribution >= 0.6 is 11.8 Å². The Kier molecular flexibility index (Phi) is 5.06. The molecule has 0 radical (unpaired) electrons. The van der Waals surface area contributed by atoms with Crippen LogP contribution in [-0.4, -0.2) is 27.2 Å². The molecule has 2 unspecified atom stereocenters. The zero-order valence-corrected chi connectivity index (χ0v) is 10.4. The fourth-order valence-corrected chi connectivity index (χ4v) is 1.88. The Hall–Kier alpha value is -1.18. The second kappa shape index (κ2) is 6.12. The Morgan fingerprint density at radius 3 is 2.33 bits per heavy atom. The van der Waals surface area contributed by atoms with Crippen molar-refractivity contribution in [2.45, 2.75) is 19.1 Å². The fraction of sp³-hybridized carbons (Fsp3) is 0.364. The molecule has 0 saturated carbocycles. The summed E-state index contributed by atoms with van der Waals surface area (Å²) in [5.74, 6) is -2.07. The molecular formula is C11H13F2NO3S. The van der Waals surface area contributed by atoms with Gasteiger partial charge in [-0.3, -0.25) is 4.79 Å². The summed E-state index contributed by atoms with van der Waals surface area (Å²) in [4.78, 5) is 10.7. The first-order valence-corrected chi connectivity index (χ1v) is 6.05. The SMILES string of the molecule is CC(=O)SCC(O)C(O)c1cc(F)c(N)c(F)c1. The molecule has 2 atom stereocenters. The molecule has 4 nitrogen and oxygen atoms in total. The van der Waals surface area contributed by atoms with Gasteiger partial charge in [-0.2, -0.15) is 0 Å². The maximum Gasteiger partial charge on any atom is 0.185 e. The van der Waals surface area contributed by atoms with Gasteiger partial charge in [0.15, 0.2) is 5.12 Å². The van der Waals surface area contributed by atoms with Gasteiger partial charge in [0.1, 0.15) is 23.4 Å². The zero-order chi connectivity index (χ0) is 13.9. The second-order valence-corrected chi connectivity index (χ2v) is 4.91. The summed E-state index contributed by atoms with van der Waals surface area (Å²) in [5.41, 5.74) is 4.31. The lowest BCUT2D eigenvalue weighted by Crippen LogP contribution is -2.21. The number of aliphatic hydroxyl groups is 2. The highest BCUT2D eigenvalue weighted by Crippen LogP contribution is 2.25. The number of hydrogen-bond acceptors (Lipinski definition) is 5. The Labute approximate surface area is 107 Å². The molecule has 0 bridgehead atoms. The molecule has 1 rings (SSSR count). The molecule has 0 aromatic heterocycles. The first-order valence-electron chi connectivity index (χ1n) is 5.06. The number of halogens is 2. The minimum Gasteiger partial charge on any atom is -0.394 e. The number of anilines is 1. The first-order chi connectivity index (χ1) is 8.32. The number of carbonyl (C=O) groups is 1. The van der Waals surface area contributed by atoms with Gasteiger partial charge in [-0.05, 0) is 17.7 Å². The summed E-state index contributed by atoms with van der Waals surface area (Å²) in [6.07, 6.45) is -2.79. The van der Waals surface area contributed by atoms with Crippen LogP contribution in [0.4, 0.5) is 14.5 Å². The predicted molar refractivity (Wildman–Crippen MR) is 64.9 cm³/mol. The summed E-state index contributed by atoms with van der Waals surface area (Å²) >= 11 is 0.813. The van der Waals surface area contributed by atoms with E-state index in [1.807, 2.05) is 0 Å². The van der Waals surface area contributed by atoms with E-state index in [0.717, 1.165) is 23.9 Å². The zero-order valence-electron chi connectivity index (χ0n) is 9.56. The number of rotatable bonds is 4. The third-order valence-electron chi connectivity index (χ3n) is 2.26. The van der Waals surface area contributed by atoms with Crippen LogP contribution in [0.5, 0.6) is 0 Å². The number of aliphatic hydroxyl groups excluding tert-OH is 2. The van der Waals surface area contributed by atoms with E-state index in [9.17, 15) is 23.8 Å². The van der Waals surface area contributed by atoms with E-state index in [-0.39, 0.29) is 16.4 Å². The number of thioether (sulfide) groups is 1. The van der Waals surface area contributed by atoms with Crippen LogP contribution in [0.15, 0.2) is 12.1 Å². The normalized spacial score (nSPS) is 14.3. The monoisotopic (exact) mass is 277 g/mol. The molecule has 0 spiro atoms. The van der Waals surface area contributed by atoms with E-state index in [0.29, 0.717) is 0 Å². The summed E-state index contributed by atoms with van der Waals surface area (Å²) in [7, 11) is 0. The quantitative estimate of drug-likeness (QED) is 0.721. The summed E-state index contributed by atoms with van der Waals surface area (Å²) in [5, 5.41) is 19.0. The molecule has 1 aromatic rings. The van der Waals surface area contributed by atoms with Crippen molar-refractivity contribution in [2.75, 3.05) is 11.5 Å². The van der Waals surface area contributed by atoms with E-state index in [1.54, 1.807) is 0 Å². The fourth-order valence-electron chi connectivity index (χ4n) is 1.29. The molecule has 100 valence electrons. The smallest absolute Gasteiger partial charge is 0.185 e. The number of benzene rings is 1. The van der Waals surface area contributed by atoms with Crippen molar-refractivity contribution >= 4 is 22.6 Å². The third-order valence-corrected chi connectivity index (χ3v) is 3.18. The number of nitrogens with two attached hydrogens (primary N) is 1. The molecule has 7 heteroatoms. The Bertz CT molecular complexity index is 433. The van der Waals surface area contributed by atoms with Crippen molar-refractivity contribution in [3.05, 3.63) is 29.3 Å². The van der Waals surface area contributed by atoms with E-state index in [4.69, 9.17) is 5.73 Å². The number of nitrogen functional groups attached to an aromatic ring is 1. The van der Waals surface area contributed by atoms with Gasteiger partial charge in [0.05, 0.1) is 6.10 Å². The highest BCUT2D eigenvalue weighted by Gasteiger charge is 2.21. The van der Waals surface area contributed by atoms with Crippen LogP contribution in [0, 0.1) is 11.6 Å². The Morgan fingerprint density at radius 2 is 1.89 bits per heavy atom. The van der Waals surface area contributed by atoms with Gasteiger partial charge >= 0.3 is 0 Å². The van der Waals surface area contributed by atoms with Crippen molar-refractivity contribution in [1.82, 2.24) is 0 Å². The van der Waals surface area contributed by atoms with Gasteiger partial charge in [-0.25, -0.2) is 8.78 Å². The van der Waals surface area contributed by atoms with Gasteiger partial charge in [-0.15, -0.1) is 0 Å². The average molecular weight is 277 g/mol. The van der Waals surface area contributed by atoms with Gasteiger partial charge in [0.25, 0.3) is 0 Å². The average Bonchev–Trinajstić information content (AvgIpc) is 2.31. The molecule has 1 aromatic carbocycles. The lowest BCUT2D eigenvalue weighted by atomic mass is 10.0. The highest BCUT2D eigenvalue weighted by atomic mass is 32.2. The molecular weight excluding hydrogens is 264 g/mol. The standard InChI is InChI=1S/C11H13F2NO3S/c1-5(15)18-4-9(16)11(17)6-2-7(12)10(14)8(13)3-6/h2-3,9,11,16-17H,4,14H2,1H3. The van der Waals surface area contributed by atoms with Crippen molar-refractivity contribution in [3.8, 4) is 0 Å². The summed E-state index contributed by atoms with van der Waals surface area (Å²) in [6, 6.07) is 1.70. The first kappa shape index (κ1) is 14.9. The molecule has 18 heavy (non-hydrogen) atoms. The molecule has 0 aliphatic heterocycles. The van der Waals surface area contributed by atoms with E-state index < -0.39 is 29.5 Å². The van der Waals surface area contributed by atoms with Crippen LogP contribution in [0.2, 0.25) is 0 Å². The number of carbonyl (C=O) groups excluding carboxylic acids is 1. The van der Waals surface area contributed by atoms with Gasteiger partial charge in [0, 0.05) is 12.7 Å². The third kappa shape index (κ3) is 3.66. The second-order valence-electron chi connectivity index (χ2n) is 3.71. The van der Waals surface area contributed by atoms with Crippen molar-refractivity contribution in [1.29, 1.82) is 0 Å². The van der Waals surface area contributed by atoms with Gasteiger partial charge in [0.2, 0.25) is 0 Å². The minimum absolute atomic E-state index is 0.0654. The van der Waals surface area contributed by atoms with Crippen molar-refractivity contribution < 1.29 is 23.8 Å². The van der Waals surface area contributed by atoms with E-state index in [1.165, 1.54) is 6.92 Å². The molecule has 4 N–H and O–H groups in total. The van der Waals surface area contributed by atoms with Gasteiger partial charge < -0.3 is 15.9 Å². The molecule has 0 aliphatic carbocycles. The topological polar surface area (TPSA) is 83.5 Å². The molecule has 0 amide bonds. The summed E-state index contributed by atoms with van der Waals surface area (Å²) < 4.78 is 26.3. The molecule has 0 aliphatic rings. The largest absolute Gasteiger partial charge is 0.394 e. The maximum absolute atomic E-state index is 13.2. The van der Waals surface area contributed by atoms with Crippen molar-refractivity contribution in [3.63, 3.8) is 0 Å². The minimum atomic E-state index is -1.48. The molecule has 0 saturated heterocycles. The Morgan fingerprint density at radius 1 is 1.39 bits per heavy atom. The van der Waals surface area contributed by atoms with Crippen LogP contribution < -0.4 is 5.73 Å². The van der Waals surface area contributed by atoms with E-state index >= 15 is 0 Å². The Balaban J connectivity index is 2.83. The number of hydrogen-bond donors (Lipinski definition) is 3. The van der Waals surface area contributed by atoms with Crippen LogP contribution in [0.25, 0.3) is 0 Å². The molecule has 0 heterocycles. The summed E-state index contributed by atoms with van der Waals surface area (Å²) in [6.45, 7) is 1.31. The van der Waals surface area contributed by atoms with Crippen LogP contribution in [0.3, 0.4) is 0 Å². The van der Waals surface area contributed by atoms with E-state index in [2.05, 4.69) is 0 Å². The maximum atomic E-state index is 13.2. The van der Waals surface area contributed by atoms with Crippen LogP contribution in [0.1, 0.15) is 18.6 Å². The lowest BCUT2D eigenvalue weighted by molar-refractivity contribution is -0.109. The van der Waals surface area contributed by atoms with Crippen molar-refractivity contribution in [2.24, 2.45) is 0 Å². The highest BCUT2D eigenvalue weighted by molar-refractivity contribution is 8.13. The molecule has 0 fully saturated rings. The predicted octanol–water partition coefficient (Wildman–Crippen LogP) is 1.22. The lowest BCUT2D eigenvalue weighted by Gasteiger charge is -2.17. The van der Waals surface area contributed by atoms with Gasteiger partial charge in [-0.1, -0.05) is 11.8 Å².